The van der Waals surface area contributed by atoms with Crippen molar-refractivity contribution in [3.63, 3.8) is 0 Å². The SMILES string of the molecule is COC1(CC(=O)NC(C(=O)O)c2cnn(C)c2)CCC1. The van der Waals surface area contributed by atoms with Gasteiger partial charge in [-0.25, -0.2) is 4.79 Å². The average Bonchev–Trinajstić information content (AvgIpc) is 2.77. The van der Waals surface area contributed by atoms with Crippen molar-refractivity contribution in [2.45, 2.75) is 37.3 Å². The van der Waals surface area contributed by atoms with E-state index in [1.54, 1.807) is 20.4 Å². The molecule has 1 unspecified atom stereocenters. The Morgan fingerprint density at radius 3 is 2.70 bits per heavy atom. The van der Waals surface area contributed by atoms with E-state index in [9.17, 15) is 14.7 Å². The Morgan fingerprint density at radius 2 is 2.30 bits per heavy atom. The maximum atomic E-state index is 12.0. The predicted octanol–water partition coefficient (Wildman–Crippen LogP) is 0.621. The Balaban J connectivity index is 2.01. The molecule has 0 saturated heterocycles. The molecule has 110 valence electrons. The lowest BCUT2D eigenvalue weighted by molar-refractivity contribution is -0.145. The average molecular weight is 281 g/mol. The van der Waals surface area contributed by atoms with Crippen LogP contribution in [0.4, 0.5) is 0 Å². The van der Waals surface area contributed by atoms with Crippen molar-refractivity contribution in [3.05, 3.63) is 18.0 Å². The highest BCUT2D eigenvalue weighted by Crippen LogP contribution is 2.38. The van der Waals surface area contributed by atoms with Crippen LogP contribution in [0.5, 0.6) is 0 Å². The molecule has 0 bridgehead atoms. The Morgan fingerprint density at radius 1 is 1.60 bits per heavy atom. The van der Waals surface area contributed by atoms with Crippen LogP contribution in [0.25, 0.3) is 0 Å². The van der Waals surface area contributed by atoms with Crippen LogP contribution in [0.1, 0.15) is 37.3 Å². The molecule has 1 aromatic heterocycles. The lowest BCUT2D eigenvalue weighted by atomic mass is 9.77. The molecule has 1 atom stereocenters. The summed E-state index contributed by atoms with van der Waals surface area (Å²) in [6, 6.07) is -1.08. The summed E-state index contributed by atoms with van der Waals surface area (Å²) in [4.78, 5) is 23.3. The molecule has 1 saturated carbocycles. The molecule has 1 aromatic rings. The van der Waals surface area contributed by atoms with E-state index in [4.69, 9.17) is 4.74 Å². The summed E-state index contributed by atoms with van der Waals surface area (Å²) in [7, 11) is 3.28. The highest BCUT2D eigenvalue weighted by Gasteiger charge is 2.39. The monoisotopic (exact) mass is 281 g/mol. The molecule has 0 aromatic carbocycles. The zero-order valence-corrected chi connectivity index (χ0v) is 11.6. The van der Waals surface area contributed by atoms with E-state index in [0.717, 1.165) is 19.3 Å². The minimum Gasteiger partial charge on any atom is -0.479 e. The number of carboxylic acid groups (broad SMARTS) is 1. The fourth-order valence-electron chi connectivity index (χ4n) is 2.41. The van der Waals surface area contributed by atoms with Gasteiger partial charge < -0.3 is 15.2 Å². The second kappa shape index (κ2) is 5.62. The van der Waals surface area contributed by atoms with Crippen molar-refractivity contribution >= 4 is 11.9 Å². The number of nitrogens with zero attached hydrogens (tertiary/aromatic N) is 2. The summed E-state index contributed by atoms with van der Waals surface area (Å²) in [5, 5.41) is 15.7. The fraction of sp³-hybridized carbons (Fsp3) is 0.615. The molecule has 0 aliphatic heterocycles. The largest absolute Gasteiger partial charge is 0.479 e. The molecule has 1 aliphatic rings. The van der Waals surface area contributed by atoms with Gasteiger partial charge in [-0.2, -0.15) is 5.10 Å². The Labute approximate surface area is 116 Å². The summed E-state index contributed by atoms with van der Waals surface area (Å²) in [6.45, 7) is 0. The van der Waals surface area contributed by atoms with Gasteiger partial charge in [0.25, 0.3) is 0 Å². The maximum Gasteiger partial charge on any atom is 0.331 e. The third kappa shape index (κ3) is 2.98. The number of carbonyl (C=O) groups is 2. The second-order valence-electron chi connectivity index (χ2n) is 5.20. The first-order chi connectivity index (χ1) is 9.46. The Kier molecular flexibility index (Phi) is 4.08. The van der Waals surface area contributed by atoms with Crippen LogP contribution >= 0.6 is 0 Å². The number of carbonyl (C=O) groups excluding carboxylic acids is 1. The van der Waals surface area contributed by atoms with E-state index in [2.05, 4.69) is 10.4 Å². The van der Waals surface area contributed by atoms with Gasteiger partial charge in [0.05, 0.1) is 18.2 Å². The van der Waals surface area contributed by atoms with E-state index in [-0.39, 0.29) is 12.3 Å². The summed E-state index contributed by atoms with van der Waals surface area (Å²) < 4.78 is 6.87. The lowest BCUT2D eigenvalue weighted by Crippen LogP contribution is -2.45. The minimum absolute atomic E-state index is 0.188. The summed E-state index contributed by atoms with van der Waals surface area (Å²) in [5.74, 6) is -1.42. The number of carboxylic acids is 1. The molecule has 1 fully saturated rings. The maximum absolute atomic E-state index is 12.0. The lowest BCUT2D eigenvalue weighted by Gasteiger charge is -2.40. The summed E-state index contributed by atoms with van der Waals surface area (Å²) in [5.41, 5.74) is 0.0376. The number of hydrogen-bond donors (Lipinski definition) is 2. The quantitative estimate of drug-likeness (QED) is 0.797. The van der Waals surface area contributed by atoms with Gasteiger partial charge in [0.15, 0.2) is 6.04 Å². The minimum atomic E-state index is -1.11. The van der Waals surface area contributed by atoms with Crippen LogP contribution in [-0.4, -0.2) is 39.5 Å². The topological polar surface area (TPSA) is 93.4 Å². The van der Waals surface area contributed by atoms with Gasteiger partial charge in [-0.05, 0) is 19.3 Å². The van der Waals surface area contributed by atoms with E-state index in [1.165, 1.54) is 10.9 Å². The van der Waals surface area contributed by atoms with Crippen molar-refractivity contribution < 1.29 is 19.4 Å². The van der Waals surface area contributed by atoms with Gasteiger partial charge >= 0.3 is 5.97 Å². The van der Waals surface area contributed by atoms with Gasteiger partial charge in [0.1, 0.15) is 0 Å². The number of aromatic nitrogens is 2. The first-order valence-electron chi connectivity index (χ1n) is 6.52. The van der Waals surface area contributed by atoms with Crippen LogP contribution in [0.3, 0.4) is 0 Å². The number of rotatable bonds is 6. The van der Waals surface area contributed by atoms with Crippen LogP contribution in [0.15, 0.2) is 12.4 Å². The van der Waals surface area contributed by atoms with Crippen molar-refractivity contribution in [1.82, 2.24) is 15.1 Å². The number of ether oxygens (including phenoxy) is 1. The number of aryl methyl sites for hydroxylation is 1. The number of amides is 1. The molecule has 7 heteroatoms. The molecule has 0 spiro atoms. The van der Waals surface area contributed by atoms with Gasteiger partial charge in [-0.3, -0.25) is 9.48 Å². The first-order valence-corrected chi connectivity index (χ1v) is 6.52. The third-order valence-electron chi connectivity index (χ3n) is 3.79. The highest BCUT2D eigenvalue weighted by atomic mass is 16.5. The van der Waals surface area contributed by atoms with E-state index >= 15 is 0 Å². The van der Waals surface area contributed by atoms with Gasteiger partial charge in [-0.1, -0.05) is 0 Å². The number of aliphatic carboxylic acids is 1. The third-order valence-corrected chi connectivity index (χ3v) is 3.79. The molecule has 0 radical (unpaired) electrons. The molecule has 1 amide bonds. The van der Waals surface area contributed by atoms with Gasteiger partial charge in [0.2, 0.25) is 5.91 Å². The molecule has 1 heterocycles. The first kappa shape index (κ1) is 14.5. The fourth-order valence-corrected chi connectivity index (χ4v) is 2.41. The normalized spacial score (nSPS) is 18.1. The highest BCUT2D eigenvalue weighted by molar-refractivity contribution is 5.85. The molecule has 7 nitrogen and oxygen atoms in total. The molecular weight excluding hydrogens is 262 g/mol. The van der Waals surface area contributed by atoms with Crippen molar-refractivity contribution in [3.8, 4) is 0 Å². The molecule has 2 N–H and O–H groups in total. The number of hydrogen-bond acceptors (Lipinski definition) is 4. The Hall–Kier alpha value is -1.89. The zero-order chi connectivity index (χ0) is 14.8. The molecular formula is C13H19N3O4. The van der Waals surface area contributed by atoms with Crippen molar-refractivity contribution in [2.75, 3.05) is 7.11 Å². The molecule has 1 aliphatic carbocycles. The molecule has 20 heavy (non-hydrogen) atoms. The van der Waals surface area contributed by atoms with Gasteiger partial charge in [-0.15, -0.1) is 0 Å². The Bertz CT molecular complexity index is 502. The number of nitrogens with one attached hydrogen (secondary N) is 1. The van der Waals surface area contributed by atoms with Crippen molar-refractivity contribution in [2.24, 2.45) is 7.05 Å². The summed E-state index contributed by atoms with van der Waals surface area (Å²) in [6.07, 6.45) is 5.91. The van der Waals surface area contributed by atoms with E-state index in [1.807, 2.05) is 0 Å². The van der Waals surface area contributed by atoms with Crippen molar-refractivity contribution in [1.29, 1.82) is 0 Å². The van der Waals surface area contributed by atoms with E-state index in [0.29, 0.717) is 5.56 Å². The number of methoxy groups -OCH3 is 1. The standard InChI is InChI=1S/C13H19N3O4/c1-16-8-9(7-14-16)11(12(18)19)15-10(17)6-13(20-2)4-3-5-13/h7-8,11H,3-6H2,1-2H3,(H,15,17)(H,18,19). The summed E-state index contributed by atoms with van der Waals surface area (Å²) >= 11 is 0. The zero-order valence-electron chi connectivity index (χ0n) is 11.6. The smallest absolute Gasteiger partial charge is 0.331 e. The van der Waals surface area contributed by atoms with Crippen LogP contribution in [-0.2, 0) is 21.4 Å². The second-order valence-corrected chi connectivity index (χ2v) is 5.20. The van der Waals surface area contributed by atoms with Gasteiger partial charge in [0, 0.05) is 25.9 Å². The predicted molar refractivity (Wildman–Crippen MR) is 69.9 cm³/mol. The van der Waals surface area contributed by atoms with Crippen LogP contribution < -0.4 is 5.32 Å². The molecule has 2 rings (SSSR count). The van der Waals surface area contributed by atoms with E-state index < -0.39 is 17.6 Å². The van der Waals surface area contributed by atoms with Crippen LogP contribution in [0, 0.1) is 0 Å². The van der Waals surface area contributed by atoms with Crippen LogP contribution in [0.2, 0.25) is 0 Å².